The van der Waals surface area contributed by atoms with Crippen LogP contribution in [0.2, 0.25) is 10.0 Å². The summed E-state index contributed by atoms with van der Waals surface area (Å²) >= 11 is 11.7. The predicted molar refractivity (Wildman–Crippen MR) is 80.2 cm³/mol. The second-order valence-electron chi connectivity index (χ2n) is 4.02. The molecule has 20 heavy (non-hydrogen) atoms. The van der Waals surface area contributed by atoms with Crippen LogP contribution >= 0.6 is 23.2 Å². The number of hydrogen-bond acceptors (Lipinski definition) is 4. The van der Waals surface area contributed by atoms with Gasteiger partial charge in [-0.1, -0.05) is 23.2 Å². The molecule has 0 bridgehead atoms. The Morgan fingerprint density at radius 2 is 1.75 bits per heavy atom. The maximum atomic E-state index is 12.3. The van der Waals surface area contributed by atoms with E-state index in [4.69, 9.17) is 32.7 Å². The third kappa shape index (κ3) is 5.22. The van der Waals surface area contributed by atoms with Crippen LogP contribution in [0.1, 0.15) is 20.3 Å². The van der Waals surface area contributed by atoms with Gasteiger partial charge in [-0.3, -0.25) is 0 Å². The van der Waals surface area contributed by atoms with E-state index in [9.17, 15) is 8.42 Å². The smallest absolute Gasteiger partial charge is 0.180 e. The van der Waals surface area contributed by atoms with Gasteiger partial charge < -0.3 is 9.47 Å². The van der Waals surface area contributed by atoms with E-state index in [1.54, 1.807) is 6.07 Å². The van der Waals surface area contributed by atoms with E-state index < -0.39 is 16.1 Å². The SMILES string of the molecule is CCOC(CCS(=O)(=O)c1cc(Cl)ccc1Cl)OCC. The average Bonchev–Trinajstić information content (AvgIpc) is 2.39. The number of benzene rings is 1. The van der Waals surface area contributed by atoms with Crippen LogP contribution in [0.25, 0.3) is 0 Å². The number of hydrogen-bond donors (Lipinski definition) is 0. The molecule has 0 aliphatic heterocycles. The summed E-state index contributed by atoms with van der Waals surface area (Å²) < 4.78 is 35.2. The lowest BCUT2D eigenvalue weighted by molar-refractivity contribution is -0.136. The Morgan fingerprint density at radius 1 is 1.15 bits per heavy atom. The second kappa shape index (κ2) is 8.20. The Balaban J connectivity index is 2.81. The second-order valence-corrected chi connectivity index (χ2v) is 6.94. The molecular weight excluding hydrogens is 323 g/mol. The van der Waals surface area contributed by atoms with Crippen molar-refractivity contribution >= 4 is 33.0 Å². The number of halogens is 2. The molecule has 0 aliphatic carbocycles. The molecule has 0 N–H and O–H groups in total. The predicted octanol–water partition coefficient (Wildman–Crippen LogP) is 3.56. The molecule has 0 aliphatic rings. The van der Waals surface area contributed by atoms with Crippen LogP contribution in [0.15, 0.2) is 23.1 Å². The van der Waals surface area contributed by atoms with Gasteiger partial charge in [0, 0.05) is 24.7 Å². The lowest BCUT2D eigenvalue weighted by Crippen LogP contribution is -2.21. The Kier molecular flexibility index (Phi) is 7.26. The zero-order chi connectivity index (χ0) is 15.2. The van der Waals surface area contributed by atoms with Crippen molar-refractivity contribution in [1.29, 1.82) is 0 Å². The Bertz CT molecular complexity index is 525. The molecule has 0 aromatic heterocycles. The molecule has 0 saturated carbocycles. The molecular formula is C13H18Cl2O4S. The van der Waals surface area contributed by atoms with Crippen molar-refractivity contribution in [1.82, 2.24) is 0 Å². The zero-order valence-corrected chi connectivity index (χ0v) is 13.8. The zero-order valence-electron chi connectivity index (χ0n) is 11.4. The quantitative estimate of drug-likeness (QED) is 0.679. The van der Waals surface area contributed by atoms with E-state index in [2.05, 4.69) is 0 Å². The lowest BCUT2D eigenvalue weighted by Gasteiger charge is -2.17. The number of sulfone groups is 1. The van der Waals surface area contributed by atoms with Crippen molar-refractivity contribution in [3.05, 3.63) is 28.2 Å². The van der Waals surface area contributed by atoms with Gasteiger partial charge in [0.2, 0.25) is 0 Å². The molecule has 7 heteroatoms. The first-order chi connectivity index (χ1) is 9.40. The third-order valence-electron chi connectivity index (χ3n) is 2.56. The molecule has 4 nitrogen and oxygen atoms in total. The highest BCUT2D eigenvalue weighted by atomic mass is 35.5. The normalized spacial score (nSPS) is 12.1. The Morgan fingerprint density at radius 3 is 2.30 bits per heavy atom. The molecule has 0 amide bonds. The first-order valence-electron chi connectivity index (χ1n) is 6.31. The standard InChI is InChI=1S/C13H18Cl2O4S/c1-3-18-13(19-4-2)7-8-20(16,17)12-9-10(14)5-6-11(12)15/h5-6,9,13H,3-4,7-8H2,1-2H3. The molecule has 0 saturated heterocycles. The molecule has 0 atom stereocenters. The summed E-state index contributed by atoms with van der Waals surface area (Å²) in [6.45, 7) is 4.58. The van der Waals surface area contributed by atoms with E-state index in [-0.39, 0.29) is 22.1 Å². The summed E-state index contributed by atoms with van der Waals surface area (Å²) in [6, 6.07) is 4.38. The van der Waals surface area contributed by atoms with Gasteiger partial charge in [-0.2, -0.15) is 0 Å². The van der Waals surface area contributed by atoms with Gasteiger partial charge in [0.25, 0.3) is 0 Å². The first-order valence-corrected chi connectivity index (χ1v) is 8.72. The van der Waals surface area contributed by atoms with Gasteiger partial charge in [-0.15, -0.1) is 0 Å². The van der Waals surface area contributed by atoms with Crippen LogP contribution in [0.4, 0.5) is 0 Å². The van der Waals surface area contributed by atoms with Crippen molar-refractivity contribution in [2.24, 2.45) is 0 Å². The van der Waals surface area contributed by atoms with Gasteiger partial charge in [-0.25, -0.2) is 8.42 Å². The summed E-state index contributed by atoms with van der Waals surface area (Å²) in [5.41, 5.74) is 0. The van der Waals surface area contributed by atoms with Crippen molar-refractivity contribution in [2.45, 2.75) is 31.5 Å². The maximum absolute atomic E-state index is 12.3. The topological polar surface area (TPSA) is 52.6 Å². The van der Waals surface area contributed by atoms with Crippen molar-refractivity contribution in [2.75, 3.05) is 19.0 Å². The van der Waals surface area contributed by atoms with Crippen molar-refractivity contribution < 1.29 is 17.9 Å². The minimum Gasteiger partial charge on any atom is -0.353 e. The maximum Gasteiger partial charge on any atom is 0.180 e. The van der Waals surface area contributed by atoms with Gasteiger partial charge in [-0.05, 0) is 32.0 Å². The van der Waals surface area contributed by atoms with Crippen LogP contribution in [0.5, 0.6) is 0 Å². The van der Waals surface area contributed by atoms with E-state index in [1.165, 1.54) is 12.1 Å². The van der Waals surface area contributed by atoms with E-state index in [1.807, 2.05) is 13.8 Å². The fourth-order valence-corrected chi connectivity index (χ4v) is 3.76. The number of ether oxygens (including phenoxy) is 2. The molecule has 0 fully saturated rings. The summed E-state index contributed by atoms with van der Waals surface area (Å²) in [4.78, 5) is 0.0402. The van der Waals surface area contributed by atoms with Crippen molar-refractivity contribution in [3.8, 4) is 0 Å². The first kappa shape index (κ1) is 17.7. The van der Waals surface area contributed by atoms with Gasteiger partial charge in [0.05, 0.1) is 15.7 Å². The third-order valence-corrected chi connectivity index (χ3v) is 5.01. The van der Waals surface area contributed by atoms with Crippen molar-refractivity contribution in [3.63, 3.8) is 0 Å². The van der Waals surface area contributed by atoms with Gasteiger partial charge >= 0.3 is 0 Å². The minimum absolute atomic E-state index is 0.0402. The molecule has 0 heterocycles. The molecule has 114 valence electrons. The van der Waals surface area contributed by atoms with Crippen LogP contribution in [0.3, 0.4) is 0 Å². The minimum atomic E-state index is -3.52. The van der Waals surface area contributed by atoms with Gasteiger partial charge in [0.1, 0.15) is 0 Å². The summed E-state index contributed by atoms with van der Waals surface area (Å²) in [5, 5.41) is 0.498. The highest BCUT2D eigenvalue weighted by Gasteiger charge is 2.21. The lowest BCUT2D eigenvalue weighted by atomic mass is 10.4. The fraction of sp³-hybridized carbons (Fsp3) is 0.538. The van der Waals surface area contributed by atoms with Crippen LogP contribution in [-0.4, -0.2) is 33.7 Å². The molecule has 1 aromatic rings. The fourth-order valence-electron chi connectivity index (χ4n) is 1.66. The van der Waals surface area contributed by atoms with E-state index in [0.717, 1.165) is 0 Å². The highest BCUT2D eigenvalue weighted by Crippen LogP contribution is 2.26. The molecule has 1 rings (SSSR count). The molecule has 1 aromatic carbocycles. The van der Waals surface area contributed by atoms with Crippen LogP contribution in [0, 0.1) is 0 Å². The molecule has 0 spiro atoms. The Hall–Kier alpha value is -0.330. The Labute approximate surface area is 129 Å². The summed E-state index contributed by atoms with van der Waals surface area (Å²) in [5.74, 6) is -0.113. The van der Waals surface area contributed by atoms with Crippen LogP contribution < -0.4 is 0 Å². The highest BCUT2D eigenvalue weighted by molar-refractivity contribution is 7.91. The molecule has 0 radical (unpaired) electrons. The van der Waals surface area contributed by atoms with E-state index >= 15 is 0 Å². The summed E-state index contributed by atoms with van der Waals surface area (Å²) in [6.07, 6.45) is -0.287. The monoisotopic (exact) mass is 340 g/mol. The molecule has 0 unspecified atom stereocenters. The average molecular weight is 341 g/mol. The largest absolute Gasteiger partial charge is 0.353 e. The van der Waals surface area contributed by atoms with Crippen LogP contribution in [-0.2, 0) is 19.3 Å². The van der Waals surface area contributed by atoms with E-state index in [0.29, 0.717) is 18.2 Å². The summed E-state index contributed by atoms with van der Waals surface area (Å²) in [7, 11) is -3.52. The van der Waals surface area contributed by atoms with Gasteiger partial charge in [0.15, 0.2) is 16.1 Å². The number of rotatable bonds is 8.